The number of rotatable bonds is 6. The lowest BCUT2D eigenvalue weighted by Crippen LogP contribution is -2.38. The van der Waals surface area contributed by atoms with Crippen molar-refractivity contribution in [3.63, 3.8) is 0 Å². The summed E-state index contributed by atoms with van der Waals surface area (Å²) in [5, 5.41) is 0. The van der Waals surface area contributed by atoms with Crippen LogP contribution in [0.4, 0.5) is 0 Å². The van der Waals surface area contributed by atoms with Gasteiger partial charge in [0, 0.05) is 6.54 Å². The maximum absolute atomic E-state index is 12.6. The summed E-state index contributed by atoms with van der Waals surface area (Å²) in [5.41, 5.74) is 5.51. The molecular formula is C20H29NO2S. The van der Waals surface area contributed by atoms with Gasteiger partial charge in [0.1, 0.15) is 0 Å². The fraction of sp³-hybridized carbons (Fsp3) is 0.550. The molecule has 0 unspecified atom stereocenters. The van der Waals surface area contributed by atoms with Crippen LogP contribution in [0, 0.1) is 12.3 Å². The van der Waals surface area contributed by atoms with Crippen LogP contribution in [0.5, 0.6) is 0 Å². The highest BCUT2D eigenvalue weighted by Crippen LogP contribution is 2.39. The van der Waals surface area contributed by atoms with Crippen LogP contribution in [-0.2, 0) is 10.0 Å². The Balaban J connectivity index is 2.12. The third-order valence-electron chi connectivity index (χ3n) is 4.81. The summed E-state index contributed by atoms with van der Waals surface area (Å²) in [4.78, 5) is 0.346. The van der Waals surface area contributed by atoms with E-state index in [1.807, 2.05) is 32.9 Å². The SMILES string of the molecule is CC(C)=C=CCC1(CNS(=O)(=O)c2ccc(C)cc2)CCCCC1. The molecule has 132 valence electrons. The summed E-state index contributed by atoms with van der Waals surface area (Å²) >= 11 is 0. The molecule has 1 N–H and O–H groups in total. The molecule has 1 aromatic rings. The van der Waals surface area contributed by atoms with Crippen LogP contribution in [0.25, 0.3) is 0 Å². The van der Waals surface area contributed by atoms with E-state index < -0.39 is 10.0 Å². The van der Waals surface area contributed by atoms with E-state index >= 15 is 0 Å². The number of nitrogens with one attached hydrogen (secondary N) is 1. The van der Waals surface area contributed by atoms with Crippen molar-refractivity contribution in [1.82, 2.24) is 4.72 Å². The molecule has 2 rings (SSSR count). The predicted octanol–water partition coefficient (Wildman–Crippen LogP) is 4.74. The van der Waals surface area contributed by atoms with Crippen LogP contribution in [0.2, 0.25) is 0 Å². The lowest BCUT2D eigenvalue weighted by molar-refractivity contribution is 0.195. The van der Waals surface area contributed by atoms with E-state index in [4.69, 9.17) is 0 Å². The molecule has 1 saturated carbocycles. The second kappa shape index (κ2) is 8.15. The number of hydrogen-bond donors (Lipinski definition) is 1. The molecule has 1 aliphatic carbocycles. The topological polar surface area (TPSA) is 46.2 Å². The summed E-state index contributed by atoms with van der Waals surface area (Å²) in [7, 11) is -3.45. The van der Waals surface area contributed by atoms with Crippen LogP contribution in [0.15, 0.2) is 46.5 Å². The molecule has 1 aliphatic rings. The van der Waals surface area contributed by atoms with Crippen molar-refractivity contribution in [3.8, 4) is 0 Å². The van der Waals surface area contributed by atoms with Gasteiger partial charge < -0.3 is 0 Å². The Morgan fingerprint density at radius 2 is 1.79 bits per heavy atom. The molecule has 0 radical (unpaired) electrons. The normalized spacial score (nSPS) is 17.1. The van der Waals surface area contributed by atoms with Gasteiger partial charge in [-0.3, -0.25) is 0 Å². The van der Waals surface area contributed by atoms with Gasteiger partial charge in [-0.05, 0) is 69.2 Å². The smallest absolute Gasteiger partial charge is 0.211 e. The minimum absolute atomic E-state index is 0.0263. The van der Waals surface area contributed by atoms with Crippen molar-refractivity contribution < 1.29 is 8.42 Å². The van der Waals surface area contributed by atoms with Crippen molar-refractivity contribution >= 4 is 10.0 Å². The molecule has 4 heteroatoms. The maximum Gasteiger partial charge on any atom is 0.240 e. The first-order chi connectivity index (χ1) is 11.3. The van der Waals surface area contributed by atoms with Crippen LogP contribution in [-0.4, -0.2) is 15.0 Å². The van der Waals surface area contributed by atoms with Crippen LogP contribution in [0.1, 0.15) is 57.9 Å². The van der Waals surface area contributed by atoms with Gasteiger partial charge in [0.05, 0.1) is 4.90 Å². The first kappa shape index (κ1) is 19.0. The molecule has 1 fully saturated rings. The van der Waals surface area contributed by atoms with Crippen LogP contribution < -0.4 is 4.72 Å². The fourth-order valence-corrected chi connectivity index (χ4v) is 4.43. The number of hydrogen-bond acceptors (Lipinski definition) is 2. The summed E-state index contributed by atoms with van der Waals surface area (Å²) in [5.74, 6) is 0. The van der Waals surface area contributed by atoms with E-state index in [9.17, 15) is 8.42 Å². The van der Waals surface area contributed by atoms with E-state index in [1.54, 1.807) is 12.1 Å². The van der Waals surface area contributed by atoms with Gasteiger partial charge in [0.2, 0.25) is 10.0 Å². The van der Waals surface area contributed by atoms with Gasteiger partial charge in [0.25, 0.3) is 0 Å². The zero-order valence-electron chi connectivity index (χ0n) is 15.1. The van der Waals surface area contributed by atoms with Crippen molar-refractivity contribution in [3.05, 3.63) is 47.2 Å². The quantitative estimate of drug-likeness (QED) is 0.756. The molecule has 0 amide bonds. The minimum Gasteiger partial charge on any atom is -0.211 e. The van der Waals surface area contributed by atoms with Crippen molar-refractivity contribution in [2.24, 2.45) is 5.41 Å². The van der Waals surface area contributed by atoms with Crippen LogP contribution >= 0.6 is 0 Å². The number of aryl methyl sites for hydroxylation is 1. The van der Waals surface area contributed by atoms with Gasteiger partial charge in [-0.15, -0.1) is 5.73 Å². The minimum atomic E-state index is -3.45. The number of sulfonamides is 1. The lowest BCUT2D eigenvalue weighted by Gasteiger charge is -2.36. The number of allylic oxidation sites excluding steroid dienone is 1. The highest BCUT2D eigenvalue weighted by molar-refractivity contribution is 7.89. The standard InChI is InChI=1S/C20H29NO2S/c1-17(2)8-7-15-20(13-5-4-6-14-20)16-21-24(22,23)19-11-9-18(3)10-12-19/h7,9-12,21H,4-6,13-16H2,1-3H3. The largest absolute Gasteiger partial charge is 0.240 e. The Labute approximate surface area is 146 Å². The molecule has 24 heavy (non-hydrogen) atoms. The molecule has 0 saturated heterocycles. The molecule has 0 bridgehead atoms. The first-order valence-electron chi connectivity index (χ1n) is 8.78. The predicted molar refractivity (Wildman–Crippen MR) is 99.4 cm³/mol. The average Bonchev–Trinajstić information content (AvgIpc) is 2.54. The summed E-state index contributed by atoms with van der Waals surface area (Å²) in [6.45, 7) is 6.52. The molecular weight excluding hydrogens is 318 g/mol. The zero-order valence-corrected chi connectivity index (χ0v) is 15.9. The third-order valence-corrected chi connectivity index (χ3v) is 6.23. The van der Waals surface area contributed by atoms with Crippen molar-refractivity contribution in [2.75, 3.05) is 6.54 Å². The molecule has 0 aliphatic heterocycles. The van der Waals surface area contributed by atoms with Gasteiger partial charge in [-0.25, -0.2) is 13.1 Å². The molecule has 0 aromatic heterocycles. The number of benzene rings is 1. The maximum atomic E-state index is 12.6. The Morgan fingerprint density at radius 3 is 2.38 bits per heavy atom. The third kappa shape index (κ3) is 5.34. The van der Waals surface area contributed by atoms with Crippen molar-refractivity contribution in [2.45, 2.75) is 64.2 Å². The van der Waals surface area contributed by atoms with Gasteiger partial charge >= 0.3 is 0 Å². The van der Waals surface area contributed by atoms with E-state index in [0.717, 1.165) is 30.4 Å². The summed E-state index contributed by atoms with van der Waals surface area (Å²) < 4.78 is 28.0. The Bertz CT molecular complexity index is 701. The average molecular weight is 348 g/mol. The van der Waals surface area contributed by atoms with Gasteiger partial charge in [-0.2, -0.15) is 0 Å². The van der Waals surface area contributed by atoms with Gasteiger partial charge in [0.15, 0.2) is 0 Å². The van der Waals surface area contributed by atoms with Crippen molar-refractivity contribution in [1.29, 1.82) is 0 Å². The molecule has 0 spiro atoms. The van der Waals surface area contributed by atoms with Crippen LogP contribution in [0.3, 0.4) is 0 Å². The van der Waals surface area contributed by atoms with E-state index in [-0.39, 0.29) is 5.41 Å². The first-order valence-corrected chi connectivity index (χ1v) is 10.3. The Hall–Kier alpha value is -1.35. The molecule has 1 aromatic carbocycles. The second-order valence-electron chi connectivity index (χ2n) is 7.25. The highest BCUT2D eigenvalue weighted by atomic mass is 32.2. The molecule has 0 atom stereocenters. The Kier molecular flexibility index (Phi) is 6.45. The summed E-state index contributed by atoms with van der Waals surface area (Å²) in [6.07, 6.45) is 8.72. The highest BCUT2D eigenvalue weighted by Gasteiger charge is 2.32. The van der Waals surface area contributed by atoms with E-state index in [2.05, 4.69) is 16.5 Å². The Morgan fingerprint density at radius 1 is 1.17 bits per heavy atom. The van der Waals surface area contributed by atoms with Gasteiger partial charge in [-0.1, -0.05) is 37.0 Å². The second-order valence-corrected chi connectivity index (χ2v) is 9.02. The monoisotopic (exact) mass is 347 g/mol. The fourth-order valence-electron chi connectivity index (χ4n) is 3.28. The summed E-state index contributed by atoms with van der Waals surface area (Å²) in [6, 6.07) is 7.02. The molecule has 3 nitrogen and oxygen atoms in total. The van der Waals surface area contributed by atoms with E-state index in [0.29, 0.717) is 11.4 Å². The lowest BCUT2D eigenvalue weighted by atomic mass is 9.72. The van der Waals surface area contributed by atoms with E-state index in [1.165, 1.54) is 19.3 Å². The molecule has 0 heterocycles. The zero-order chi connectivity index (χ0) is 17.6.